The molecule has 1 aliphatic carbocycles. The van der Waals surface area contributed by atoms with Crippen molar-refractivity contribution in [1.29, 1.82) is 0 Å². The molecule has 0 aromatic carbocycles. The number of hydrogen-bond donors (Lipinski definition) is 0. The molecular weight excluding hydrogens is 360 g/mol. The third kappa shape index (κ3) is 2.68. The fourth-order valence-corrected chi connectivity index (χ4v) is 4.46. The van der Waals surface area contributed by atoms with Gasteiger partial charge >= 0.3 is 11.1 Å². The molecule has 4 heterocycles. The monoisotopic (exact) mass is 382 g/mol. The van der Waals surface area contributed by atoms with Crippen molar-refractivity contribution in [3.8, 4) is 0 Å². The number of nitrogens with zero attached hydrogens (tertiary/aromatic N) is 6. The van der Waals surface area contributed by atoms with Crippen LogP contribution in [0.15, 0.2) is 22.0 Å². The van der Waals surface area contributed by atoms with Gasteiger partial charge in [0.15, 0.2) is 0 Å². The van der Waals surface area contributed by atoms with E-state index in [-0.39, 0.29) is 17.7 Å². The Morgan fingerprint density at radius 2 is 1.93 bits per heavy atom. The molecule has 1 saturated heterocycles. The van der Waals surface area contributed by atoms with Crippen LogP contribution in [0.4, 0.5) is 0 Å². The summed E-state index contributed by atoms with van der Waals surface area (Å²) in [6.07, 6.45) is 6.42. The molecule has 0 unspecified atom stereocenters. The zero-order chi connectivity index (χ0) is 19.4. The van der Waals surface area contributed by atoms with Crippen LogP contribution in [0.25, 0.3) is 0 Å². The second kappa shape index (κ2) is 6.35. The smallest absolute Gasteiger partial charge is 0.332 e. The predicted octanol–water partition coefficient (Wildman–Crippen LogP) is 0.173. The summed E-state index contributed by atoms with van der Waals surface area (Å²) in [5.41, 5.74) is 0.0714. The largest absolute Gasteiger partial charge is 0.336 e. The van der Waals surface area contributed by atoms with Crippen LogP contribution in [0.5, 0.6) is 0 Å². The number of likely N-dealkylation sites (tertiary alicyclic amines) is 1. The van der Waals surface area contributed by atoms with Crippen LogP contribution in [-0.4, -0.2) is 48.2 Å². The third-order valence-corrected chi connectivity index (χ3v) is 6.30. The molecule has 2 aliphatic heterocycles. The van der Waals surface area contributed by atoms with E-state index in [2.05, 4.69) is 15.1 Å². The Balaban J connectivity index is 1.41. The number of amides is 1. The molecule has 0 radical (unpaired) electrons. The first-order chi connectivity index (χ1) is 13.5. The molecule has 9 heteroatoms. The highest BCUT2D eigenvalue weighted by Gasteiger charge is 2.44. The Hall–Kier alpha value is -2.84. The van der Waals surface area contributed by atoms with Crippen molar-refractivity contribution in [1.82, 2.24) is 29.2 Å². The number of aryl methyl sites for hydroxylation is 1. The lowest BCUT2D eigenvalue weighted by Gasteiger charge is -2.25. The maximum atomic E-state index is 12.8. The van der Waals surface area contributed by atoms with Crippen molar-refractivity contribution in [2.45, 2.75) is 45.2 Å². The molecule has 3 aliphatic rings. The van der Waals surface area contributed by atoms with E-state index in [9.17, 15) is 14.4 Å². The number of rotatable bonds is 3. The van der Waals surface area contributed by atoms with Gasteiger partial charge in [-0.15, -0.1) is 0 Å². The van der Waals surface area contributed by atoms with Crippen LogP contribution in [0.1, 0.15) is 47.2 Å². The lowest BCUT2D eigenvalue weighted by molar-refractivity contribution is 0.0776. The Morgan fingerprint density at radius 3 is 2.61 bits per heavy atom. The Labute approximate surface area is 161 Å². The fourth-order valence-electron chi connectivity index (χ4n) is 4.46. The Morgan fingerprint density at radius 1 is 1.11 bits per heavy atom. The number of hydrogen-bond acceptors (Lipinski definition) is 6. The number of carbonyl (C=O) groups excluding carboxylic acids is 1. The number of carbonyl (C=O) groups is 1. The molecule has 0 spiro atoms. The molecule has 0 N–H and O–H groups in total. The minimum atomic E-state index is -0.529. The highest BCUT2D eigenvalue weighted by atomic mass is 16.2. The van der Waals surface area contributed by atoms with Gasteiger partial charge in [0, 0.05) is 44.2 Å². The van der Waals surface area contributed by atoms with Crippen LogP contribution in [-0.2, 0) is 13.1 Å². The van der Waals surface area contributed by atoms with Gasteiger partial charge in [-0.25, -0.2) is 9.67 Å². The summed E-state index contributed by atoms with van der Waals surface area (Å²) in [5.74, 6) is 0.995. The van der Waals surface area contributed by atoms with Gasteiger partial charge in [0.25, 0.3) is 5.91 Å². The fraction of sp³-hybridized carbons (Fsp3) is 0.579. The van der Waals surface area contributed by atoms with E-state index in [1.807, 2.05) is 6.92 Å². The maximum Gasteiger partial charge on any atom is 0.332 e. The topological polar surface area (TPSA) is 103 Å². The van der Waals surface area contributed by atoms with Crippen LogP contribution >= 0.6 is 0 Å². The highest BCUT2D eigenvalue weighted by Crippen LogP contribution is 2.37. The summed E-state index contributed by atoms with van der Waals surface area (Å²) in [4.78, 5) is 47.8. The van der Waals surface area contributed by atoms with Gasteiger partial charge in [-0.3, -0.25) is 23.9 Å². The molecule has 146 valence electrons. The second-order valence-electron chi connectivity index (χ2n) is 8.18. The third-order valence-electron chi connectivity index (χ3n) is 6.30. The molecule has 2 aromatic rings. The van der Waals surface area contributed by atoms with Crippen molar-refractivity contribution >= 4 is 5.91 Å². The van der Waals surface area contributed by atoms with Crippen molar-refractivity contribution in [3.63, 3.8) is 0 Å². The van der Waals surface area contributed by atoms with E-state index in [1.165, 1.54) is 21.9 Å². The van der Waals surface area contributed by atoms with Crippen molar-refractivity contribution < 1.29 is 4.79 Å². The van der Waals surface area contributed by atoms with Gasteiger partial charge in [0.05, 0.1) is 11.9 Å². The number of aromatic nitrogens is 5. The first kappa shape index (κ1) is 17.3. The summed E-state index contributed by atoms with van der Waals surface area (Å²) < 4.78 is 2.87. The van der Waals surface area contributed by atoms with Crippen LogP contribution in [0, 0.1) is 18.8 Å². The zero-order valence-corrected chi connectivity index (χ0v) is 15.7. The van der Waals surface area contributed by atoms with E-state index in [0.29, 0.717) is 43.6 Å². The first-order valence-corrected chi connectivity index (χ1v) is 9.81. The lowest BCUT2D eigenvalue weighted by atomic mass is 9.85. The van der Waals surface area contributed by atoms with E-state index in [0.717, 1.165) is 18.5 Å². The van der Waals surface area contributed by atoms with Gasteiger partial charge in [0.1, 0.15) is 11.5 Å². The van der Waals surface area contributed by atoms with Crippen LogP contribution < -0.4 is 11.1 Å². The average Bonchev–Trinajstić information content (AvgIpc) is 3.21. The Kier molecular flexibility index (Phi) is 3.92. The van der Waals surface area contributed by atoms with Crippen molar-refractivity contribution in [3.05, 3.63) is 50.3 Å². The molecule has 9 nitrogen and oxygen atoms in total. The van der Waals surface area contributed by atoms with E-state index < -0.39 is 11.1 Å². The predicted molar refractivity (Wildman–Crippen MR) is 99.0 cm³/mol. The molecule has 2 fully saturated rings. The molecular formula is C19H22N6O3. The molecule has 0 bridgehead atoms. The average molecular weight is 382 g/mol. The van der Waals surface area contributed by atoms with Crippen LogP contribution in [0.2, 0.25) is 0 Å². The summed E-state index contributed by atoms with van der Waals surface area (Å²) >= 11 is 0. The minimum absolute atomic E-state index is 0.0247. The van der Waals surface area contributed by atoms with Crippen molar-refractivity contribution in [2.75, 3.05) is 13.1 Å². The number of fused-ring (bicyclic) bond motifs is 3. The highest BCUT2D eigenvalue weighted by molar-refractivity contribution is 5.92. The quantitative estimate of drug-likeness (QED) is 0.701. The molecule has 1 saturated carbocycles. The Bertz CT molecular complexity index is 1050. The standard InChI is InChI=1S/C19H22N6O3/c1-11-5-21-15(6-20-11)17(26)23-8-13-9-24-16(14(13)10-23)22-25(19(28)18(24)27)7-12-3-2-4-12/h5-6,12-14H,2-4,7-10H2,1H3/t13-,14+/m1/s1. The summed E-state index contributed by atoms with van der Waals surface area (Å²) in [6, 6.07) is 0. The first-order valence-electron chi connectivity index (χ1n) is 9.81. The lowest BCUT2D eigenvalue weighted by Crippen LogP contribution is -2.45. The van der Waals surface area contributed by atoms with E-state index >= 15 is 0 Å². The van der Waals surface area contributed by atoms with E-state index in [1.54, 1.807) is 11.1 Å². The summed E-state index contributed by atoms with van der Waals surface area (Å²) in [6.45, 7) is 3.78. The normalized spacial score (nSPS) is 23.4. The summed E-state index contributed by atoms with van der Waals surface area (Å²) in [5, 5.41) is 4.56. The van der Waals surface area contributed by atoms with Gasteiger partial charge in [0.2, 0.25) is 0 Å². The zero-order valence-electron chi connectivity index (χ0n) is 15.7. The molecule has 2 atom stereocenters. The van der Waals surface area contributed by atoms with Gasteiger partial charge < -0.3 is 4.90 Å². The van der Waals surface area contributed by atoms with Crippen LogP contribution in [0.3, 0.4) is 0 Å². The van der Waals surface area contributed by atoms with Gasteiger partial charge in [-0.2, -0.15) is 5.10 Å². The van der Waals surface area contributed by atoms with Gasteiger partial charge in [-0.1, -0.05) is 6.42 Å². The molecule has 2 aromatic heterocycles. The van der Waals surface area contributed by atoms with Gasteiger partial charge in [-0.05, 0) is 25.7 Å². The molecule has 5 rings (SSSR count). The molecule has 1 amide bonds. The SMILES string of the molecule is Cc1cnc(C(=O)N2C[C@@H]3Cn4c(nn(CC5CCC5)c(=O)c4=O)[C@H]3C2)cn1. The minimum Gasteiger partial charge on any atom is -0.336 e. The summed E-state index contributed by atoms with van der Waals surface area (Å²) in [7, 11) is 0. The molecule has 28 heavy (non-hydrogen) atoms. The maximum absolute atomic E-state index is 12.8. The van der Waals surface area contributed by atoms with E-state index in [4.69, 9.17) is 0 Å². The van der Waals surface area contributed by atoms with Crippen molar-refractivity contribution in [2.24, 2.45) is 11.8 Å². The second-order valence-corrected chi connectivity index (χ2v) is 8.18.